The predicted octanol–water partition coefficient (Wildman–Crippen LogP) is 3.23. The highest BCUT2D eigenvalue weighted by Crippen LogP contribution is 2.30. The van der Waals surface area contributed by atoms with Crippen LogP contribution in [-0.4, -0.2) is 58.2 Å². The maximum atomic E-state index is 12.9. The fourth-order valence-corrected chi connectivity index (χ4v) is 4.63. The number of carbonyl (C=O) groups excluding carboxylic acids is 1. The van der Waals surface area contributed by atoms with E-state index in [0.29, 0.717) is 0 Å². The van der Waals surface area contributed by atoms with Crippen molar-refractivity contribution in [2.45, 2.75) is 20.4 Å². The van der Waals surface area contributed by atoms with E-state index in [2.05, 4.69) is 29.1 Å². The smallest absolute Gasteiger partial charge is 0.264 e. The molecule has 0 bridgehead atoms. The maximum absolute atomic E-state index is 12.9. The van der Waals surface area contributed by atoms with Gasteiger partial charge in [0.15, 0.2) is 0 Å². The number of piperazine rings is 1. The molecule has 1 aliphatic rings. The van der Waals surface area contributed by atoms with Gasteiger partial charge < -0.3 is 9.80 Å². The molecular formula is C20H24N4OS. The number of benzene rings is 1. The van der Waals surface area contributed by atoms with Crippen molar-refractivity contribution in [3.05, 3.63) is 52.5 Å². The lowest BCUT2D eigenvalue weighted by Gasteiger charge is -2.33. The van der Waals surface area contributed by atoms with Gasteiger partial charge in [-0.25, -0.2) is 0 Å². The summed E-state index contributed by atoms with van der Waals surface area (Å²) in [5, 5.41) is 5.77. The molecule has 0 radical (unpaired) electrons. The van der Waals surface area contributed by atoms with Crippen LogP contribution >= 0.6 is 11.3 Å². The summed E-state index contributed by atoms with van der Waals surface area (Å²) in [5.74, 6) is 0.160. The van der Waals surface area contributed by atoms with Crippen LogP contribution in [0.1, 0.15) is 27.9 Å². The molecule has 0 atom stereocenters. The Morgan fingerprint density at radius 3 is 2.58 bits per heavy atom. The van der Waals surface area contributed by atoms with Gasteiger partial charge in [0.2, 0.25) is 0 Å². The summed E-state index contributed by atoms with van der Waals surface area (Å²) in [4.78, 5) is 19.2. The molecule has 1 amide bonds. The van der Waals surface area contributed by atoms with E-state index in [4.69, 9.17) is 0 Å². The first-order valence-corrected chi connectivity index (χ1v) is 10.00. The summed E-state index contributed by atoms with van der Waals surface area (Å²) in [6, 6.07) is 12.3. The van der Waals surface area contributed by atoms with E-state index in [9.17, 15) is 4.79 Å². The maximum Gasteiger partial charge on any atom is 0.264 e. The summed E-state index contributed by atoms with van der Waals surface area (Å²) in [6.45, 7) is 9.54. The zero-order valence-corrected chi connectivity index (χ0v) is 16.1. The largest absolute Gasteiger partial charge is 0.335 e. The number of likely N-dealkylation sites (N-methyl/N-ethyl adjacent to an activating group) is 1. The Hall–Kier alpha value is -2.18. The van der Waals surface area contributed by atoms with E-state index in [1.54, 1.807) is 11.3 Å². The number of nitrogens with zero attached hydrogens (tertiary/aromatic N) is 4. The third-order valence-corrected chi connectivity index (χ3v) is 6.24. The first kappa shape index (κ1) is 17.2. The third-order valence-electron chi connectivity index (χ3n) is 5.10. The van der Waals surface area contributed by atoms with Crippen LogP contribution in [0, 0.1) is 6.92 Å². The molecule has 6 heteroatoms. The number of aryl methyl sites for hydroxylation is 1. The SMILES string of the molecule is CCN1CCN(C(=O)c2cc3c(C)nn(Cc4ccccc4)c3s2)CC1. The number of rotatable bonds is 4. The normalized spacial score (nSPS) is 15.7. The second-order valence-electron chi connectivity index (χ2n) is 6.78. The lowest BCUT2D eigenvalue weighted by atomic mass is 10.2. The van der Waals surface area contributed by atoms with Crippen LogP contribution in [0.3, 0.4) is 0 Å². The molecule has 3 heterocycles. The quantitative estimate of drug-likeness (QED) is 0.710. The van der Waals surface area contributed by atoms with E-state index >= 15 is 0 Å². The minimum Gasteiger partial charge on any atom is -0.335 e. The number of fused-ring (bicyclic) bond motifs is 1. The Balaban J connectivity index is 1.58. The number of carbonyl (C=O) groups is 1. The molecule has 0 aliphatic carbocycles. The molecule has 0 unspecified atom stereocenters. The molecule has 2 aromatic heterocycles. The molecule has 0 N–H and O–H groups in total. The topological polar surface area (TPSA) is 41.4 Å². The molecule has 26 heavy (non-hydrogen) atoms. The second-order valence-corrected chi connectivity index (χ2v) is 7.82. The minimum absolute atomic E-state index is 0.160. The van der Waals surface area contributed by atoms with Gasteiger partial charge in [0.1, 0.15) is 4.83 Å². The van der Waals surface area contributed by atoms with Crippen LogP contribution in [0.15, 0.2) is 36.4 Å². The van der Waals surface area contributed by atoms with Crippen molar-refractivity contribution in [1.82, 2.24) is 19.6 Å². The van der Waals surface area contributed by atoms with Gasteiger partial charge in [-0.3, -0.25) is 9.48 Å². The minimum atomic E-state index is 0.160. The average molecular weight is 369 g/mol. The Kier molecular flexibility index (Phi) is 4.78. The third kappa shape index (κ3) is 3.27. The molecule has 0 spiro atoms. The molecule has 3 aromatic rings. The summed E-state index contributed by atoms with van der Waals surface area (Å²) in [6.07, 6.45) is 0. The molecular weight excluding hydrogens is 344 g/mol. The van der Waals surface area contributed by atoms with Crippen LogP contribution < -0.4 is 0 Å². The molecule has 5 nitrogen and oxygen atoms in total. The monoisotopic (exact) mass is 368 g/mol. The molecule has 136 valence electrons. The molecule has 1 aromatic carbocycles. The van der Waals surface area contributed by atoms with E-state index < -0.39 is 0 Å². The molecule has 0 saturated carbocycles. The zero-order chi connectivity index (χ0) is 18.1. The first-order chi connectivity index (χ1) is 12.7. The highest BCUT2D eigenvalue weighted by Gasteiger charge is 2.24. The molecule has 4 rings (SSSR count). The Morgan fingerprint density at radius 1 is 1.15 bits per heavy atom. The fraction of sp³-hybridized carbons (Fsp3) is 0.400. The van der Waals surface area contributed by atoms with Gasteiger partial charge >= 0.3 is 0 Å². The van der Waals surface area contributed by atoms with Crippen LogP contribution in [0.4, 0.5) is 0 Å². The second kappa shape index (κ2) is 7.21. The van der Waals surface area contributed by atoms with Crippen LogP contribution in [0.2, 0.25) is 0 Å². The van der Waals surface area contributed by atoms with E-state index in [0.717, 1.165) is 60.1 Å². The van der Waals surface area contributed by atoms with Crippen LogP contribution in [-0.2, 0) is 6.54 Å². The lowest BCUT2D eigenvalue weighted by molar-refractivity contribution is 0.0648. The number of amides is 1. The van der Waals surface area contributed by atoms with Gasteiger partial charge in [-0.1, -0.05) is 37.3 Å². The van der Waals surface area contributed by atoms with E-state index in [-0.39, 0.29) is 5.91 Å². The standard InChI is InChI=1S/C20H24N4OS/c1-3-22-9-11-23(12-10-22)19(25)18-13-17-15(2)21-24(20(17)26-18)14-16-7-5-4-6-8-16/h4-8,13H,3,9-12,14H2,1-2H3. The van der Waals surface area contributed by atoms with Gasteiger partial charge in [0, 0.05) is 31.6 Å². The van der Waals surface area contributed by atoms with Crippen molar-refractivity contribution >= 4 is 27.5 Å². The van der Waals surface area contributed by atoms with Crippen LogP contribution in [0.5, 0.6) is 0 Å². The average Bonchev–Trinajstić information content (AvgIpc) is 3.24. The Morgan fingerprint density at radius 2 is 1.88 bits per heavy atom. The van der Waals surface area contributed by atoms with Gasteiger partial charge in [-0.2, -0.15) is 5.10 Å². The highest BCUT2D eigenvalue weighted by atomic mass is 32.1. The first-order valence-electron chi connectivity index (χ1n) is 9.18. The van der Waals surface area contributed by atoms with Gasteiger partial charge in [0.25, 0.3) is 5.91 Å². The summed E-state index contributed by atoms with van der Waals surface area (Å²) >= 11 is 1.57. The van der Waals surface area contributed by atoms with E-state index in [1.165, 1.54) is 5.56 Å². The van der Waals surface area contributed by atoms with Crippen molar-refractivity contribution in [3.8, 4) is 0 Å². The van der Waals surface area contributed by atoms with Crippen molar-refractivity contribution in [2.24, 2.45) is 0 Å². The summed E-state index contributed by atoms with van der Waals surface area (Å²) in [7, 11) is 0. The van der Waals surface area contributed by atoms with Crippen molar-refractivity contribution in [3.63, 3.8) is 0 Å². The predicted molar refractivity (Wildman–Crippen MR) is 106 cm³/mol. The van der Waals surface area contributed by atoms with Crippen molar-refractivity contribution in [1.29, 1.82) is 0 Å². The fourth-order valence-electron chi connectivity index (χ4n) is 3.50. The van der Waals surface area contributed by atoms with Crippen molar-refractivity contribution in [2.75, 3.05) is 32.7 Å². The van der Waals surface area contributed by atoms with Crippen LogP contribution in [0.25, 0.3) is 10.2 Å². The zero-order valence-electron chi connectivity index (χ0n) is 15.3. The molecule has 1 fully saturated rings. The molecule has 1 aliphatic heterocycles. The van der Waals surface area contributed by atoms with Crippen molar-refractivity contribution < 1.29 is 4.79 Å². The number of thiophene rings is 1. The number of aromatic nitrogens is 2. The van der Waals surface area contributed by atoms with Gasteiger partial charge in [0.05, 0.1) is 17.1 Å². The van der Waals surface area contributed by atoms with E-state index in [1.807, 2.05) is 40.8 Å². The summed E-state index contributed by atoms with van der Waals surface area (Å²) < 4.78 is 2.02. The number of hydrogen-bond donors (Lipinski definition) is 0. The number of hydrogen-bond acceptors (Lipinski definition) is 4. The highest BCUT2D eigenvalue weighted by molar-refractivity contribution is 7.20. The lowest BCUT2D eigenvalue weighted by Crippen LogP contribution is -2.48. The summed E-state index contributed by atoms with van der Waals surface area (Å²) in [5.41, 5.74) is 2.20. The Bertz CT molecular complexity index is 907. The Labute approximate surface area is 157 Å². The van der Waals surface area contributed by atoms with Gasteiger partial charge in [-0.05, 0) is 25.1 Å². The van der Waals surface area contributed by atoms with Gasteiger partial charge in [-0.15, -0.1) is 11.3 Å². The molecule has 1 saturated heterocycles.